The topological polar surface area (TPSA) is 126 Å². The normalized spacial score (nSPS) is 12.2. The van der Waals surface area contributed by atoms with Gasteiger partial charge in [0, 0.05) is 30.1 Å². The molecule has 0 fully saturated rings. The Bertz CT molecular complexity index is 922. The molecule has 1 atom stereocenters. The molecule has 9 nitrogen and oxygen atoms in total. The van der Waals surface area contributed by atoms with E-state index in [-0.39, 0.29) is 18.1 Å². The van der Waals surface area contributed by atoms with Crippen LogP contribution in [0.15, 0.2) is 35.6 Å². The lowest BCUT2D eigenvalue weighted by Crippen LogP contribution is -2.43. The molecule has 1 unspecified atom stereocenters. The fraction of sp³-hybridized carbons (Fsp3) is 0.312. The zero-order valence-electron chi connectivity index (χ0n) is 14.0. The van der Waals surface area contributed by atoms with Gasteiger partial charge in [-0.1, -0.05) is 30.0 Å². The Hall–Kier alpha value is -2.88. The van der Waals surface area contributed by atoms with Crippen molar-refractivity contribution >= 4 is 34.5 Å². The highest BCUT2D eigenvalue weighted by Crippen LogP contribution is 2.19. The number of amides is 1. The quantitative estimate of drug-likeness (QED) is 0.504. The van der Waals surface area contributed by atoms with Gasteiger partial charge in [0.2, 0.25) is 11.1 Å². The van der Waals surface area contributed by atoms with E-state index in [9.17, 15) is 14.7 Å². The number of nitrogens with zero attached hydrogens (tertiary/aromatic N) is 4. The zero-order valence-corrected chi connectivity index (χ0v) is 14.9. The standard InChI is InChI=1S/C16H18N6O3S/c1-2-22-16(19-20-21-22)26-9-14(23)18-13(15(24)25)7-10-8-17-12-6-4-3-5-11(10)12/h3-6,8,13,17H,2,7,9H2,1H3,(H,18,23)(H,24,25). The Morgan fingerprint density at radius 3 is 2.96 bits per heavy atom. The Morgan fingerprint density at radius 1 is 1.38 bits per heavy atom. The maximum Gasteiger partial charge on any atom is 0.326 e. The van der Waals surface area contributed by atoms with Crippen LogP contribution in [0, 0.1) is 0 Å². The van der Waals surface area contributed by atoms with Crippen molar-refractivity contribution in [3.05, 3.63) is 36.0 Å². The number of carboxylic acids is 1. The van der Waals surface area contributed by atoms with E-state index in [1.165, 1.54) is 11.8 Å². The summed E-state index contributed by atoms with van der Waals surface area (Å²) >= 11 is 1.17. The molecule has 2 heterocycles. The molecule has 0 radical (unpaired) electrons. The van der Waals surface area contributed by atoms with Crippen LogP contribution < -0.4 is 5.32 Å². The molecule has 3 rings (SSSR count). The van der Waals surface area contributed by atoms with Crippen molar-refractivity contribution in [1.29, 1.82) is 0 Å². The molecule has 10 heteroatoms. The van der Waals surface area contributed by atoms with Gasteiger partial charge < -0.3 is 15.4 Å². The number of fused-ring (bicyclic) bond motifs is 1. The summed E-state index contributed by atoms with van der Waals surface area (Å²) in [6.45, 7) is 2.48. The summed E-state index contributed by atoms with van der Waals surface area (Å²) in [5.74, 6) is -1.42. The van der Waals surface area contributed by atoms with Crippen LogP contribution in [0.1, 0.15) is 12.5 Å². The summed E-state index contributed by atoms with van der Waals surface area (Å²) in [6, 6.07) is 6.62. The van der Waals surface area contributed by atoms with Crippen LogP contribution in [0.4, 0.5) is 0 Å². The average molecular weight is 374 g/mol. The Labute approximate surface area is 153 Å². The van der Waals surface area contributed by atoms with Crippen molar-refractivity contribution < 1.29 is 14.7 Å². The third kappa shape index (κ3) is 4.02. The van der Waals surface area contributed by atoms with Gasteiger partial charge in [0.25, 0.3) is 0 Å². The molecule has 0 aliphatic heterocycles. The number of carbonyl (C=O) groups is 2. The van der Waals surface area contributed by atoms with Crippen LogP contribution in [0.25, 0.3) is 10.9 Å². The minimum Gasteiger partial charge on any atom is -0.480 e. The van der Waals surface area contributed by atoms with E-state index in [2.05, 4.69) is 25.8 Å². The highest BCUT2D eigenvalue weighted by Gasteiger charge is 2.22. The van der Waals surface area contributed by atoms with Gasteiger partial charge in [-0.3, -0.25) is 4.79 Å². The monoisotopic (exact) mass is 374 g/mol. The van der Waals surface area contributed by atoms with Crippen molar-refractivity contribution in [3.8, 4) is 0 Å². The van der Waals surface area contributed by atoms with Gasteiger partial charge in [-0.25, -0.2) is 9.48 Å². The number of thioether (sulfide) groups is 1. The first kappa shape index (κ1) is 17.9. The molecule has 1 aromatic carbocycles. The Balaban J connectivity index is 1.63. The molecule has 26 heavy (non-hydrogen) atoms. The number of rotatable bonds is 8. The maximum atomic E-state index is 12.2. The molecule has 0 aliphatic carbocycles. The van der Waals surface area contributed by atoms with Crippen molar-refractivity contribution in [2.45, 2.75) is 31.1 Å². The highest BCUT2D eigenvalue weighted by molar-refractivity contribution is 7.99. The number of para-hydroxylation sites is 1. The van der Waals surface area contributed by atoms with E-state index in [0.717, 1.165) is 16.5 Å². The van der Waals surface area contributed by atoms with Crippen LogP contribution in [-0.2, 0) is 22.6 Å². The number of tetrazole rings is 1. The highest BCUT2D eigenvalue weighted by atomic mass is 32.2. The Kier molecular flexibility index (Phi) is 5.52. The summed E-state index contributed by atoms with van der Waals surface area (Å²) < 4.78 is 1.57. The second-order valence-electron chi connectivity index (χ2n) is 5.59. The molecule has 0 saturated carbocycles. The summed E-state index contributed by atoms with van der Waals surface area (Å²) in [5.41, 5.74) is 1.77. The van der Waals surface area contributed by atoms with Gasteiger partial charge in [-0.05, 0) is 29.0 Å². The van der Waals surface area contributed by atoms with E-state index in [4.69, 9.17) is 0 Å². The van der Waals surface area contributed by atoms with Crippen LogP contribution >= 0.6 is 11.8 Å². The van der Waals surface area contributed by atoms with Crippen LogP contribution in [0.3, 0.4) is 0 Å². The molecular weight excluding hydrogens is 356 g/mol. The first-order valence-corrected chi connectivity index (χ1v) is 9.03. The van der Waals surface area contributed by atoms with Gasteiger partial charge in [0.05, 0.1) is 5.75 Å². The number of hydrogen-bond donors (Lipinski definition) is 3. The van der Waals surface area contributed by atoms with Crippen LogP contribution in [-0.4, -0.2) is 54.0 Å². The molecule has 2 aromatic heterocycles. The maximum absolute atomic E-state index is 12.2. The predicted molar refractivity (Wildman–Crippen MR) is 95.8 cm³/mol. The van der Waals surface area contributed by atoms with Crippen LogP contribution in [0.2, 0.25) is 0 Å². The number of carboxylic acid groups (broad SMARTS) is 1. The Morgan fingerprint density at radius 2 is 2.19 bits per heavy atom. The number of H-pyrrole nitrogens is 1. The van der Waals surface area contributed by atoms with E-state index in [0.29, 0.717) is 11.7 Å². The molecule has 0 bridgehead atoms. The summed E-state index contributed by atoms with van der Waals surface area (Å²) in [4.78, 5) is 26.8. The van der Waals surface area contributed by atoms with Gasteiger partial charge in [-0.15, -0.1) is 5.10 Å². The lowest BCUT2D eigenvalue weighted by Gasteiger charge is -2.14. The number of nitrogens with one attached hydrogen (secondary N) is 2. The van der Waals surface area contributed by atoms with Crippen molar-refractivity contribution in [3.63, 3.8) is 0 Å². The number of hydrogen-bond acceptors (Lipinski definition) is 6. The van der Waals surface area contributed by atoms with Crippen molar-refractivity contribution in [2.24, 2.45) is 0 Å². The zero-order chi connectivity index (χ0) is 18.5. The lowest BCUT2D eigenvalue weighted by molar-refractivity contribution is -0.141. The molecule has 136 valence electrons. The minimum atomic E-state index is -1.08. The third-order valence-corrected chi connectivity index (χ3v) is 4.82. The van der Waals surface area contributed by atoms with E-state index in [1.54, 1.807) is 10.9 Å². The van der Waals surface area contributed by atoms with Gasteiger partial charge >= 0.3 is 5.97 Å². The SMILES string of the molecule is CCn1nnnc1SCC(=O)NC(Cc1c[nH]c2ccccc12)C(=O)O. The van der Waals surface area contributed by atoms with Crippen molar-refractivity contribution in [2.75, 3.05) is 5.75 Å². The molecule has 0 saturated heterocycles. The summed E-state index contributed by atoms with van der Waals surface area (Å²) in [7, 11) is 0. The molecule has 0 spiro atoms. The number of aryl methyl sites for hydroxylation is 1. The number of carbonyl (C=O) groups excluding carboxylic acids is 1. The smallest absolute Gasteiger partial charge is 0.326 e. The second kappa shape index (κ2) is 8.00. The summed E-state index contributed by atoms with van der Waals surface area (Å²) in [6.07, 6.45) is 1.97. The lowest BCUT2D eigenvalue weighted by atomic mass is 10.1. The molecule has 1 amide bonds. The second-order valence-corrected chi connectivity index (χ2v) is 6.53. The van der Waals surface area contributed by atoms with E-state index < -0.39 is 12.0 Å². The third-order valence-electron chi connectivity index (χ3n) is 3.86. The van der Waals surface area contributed by atoms with E-state index >= 15 is 0 Å². The molecule has 3 aromatic rings. The largest absolute Gasteiger partial charge is 0.480 e. The average Bonchev–Trinajstić information content (AvgIpc) is 3.26. The minimum absolute atomic E-state index is 0.0397. The number of aromatic amines is 1. The van der Waals surface area contributed by atoms with Gasteiger partial charge in [-0.2, -0.15) is 0 Å². The van der Waals surface area contributed by atoms with Crippen molar-refractivity contribution in [1.82, 2.24) is 30.5 Å². The first-order valence-electron chi connectivity index (χ1n) is 8.04. The number of aromatic nitrogens is 5. The molecule has 3 N–H and O–H groups in total. The van der Waals surface area contributed by atoms with E-state index in [1.807, 2.05) is 31.2 Å². The molecule has 0 aliphatic rings. The van der Waals surface area contributed by atoms with Gasteiger partial charge in [0.1, 0.15) is 6.04 Å². The fourth-order valence-corrected chi connectivity index (χ4v) is 3.34. The van der Waals surface area contributed by atoms with Crippen LogP contribution in [0.5, 0.6) is 0 Å². The predicted octanol–water partition coefficient (Wildman–Crippen LogP) is 1.08. The molecular formula is C16H18N6O3S. The first-order chi connectivity index (χ1) is 12.6. The fourth-order valence-electron chi connectivity index (χ4n) is 2.58. The number of aliphatic carboxylic acids is 1. The number of benzene rings is 1. The van der Waals surface area contributed by atoms with Gasteiger partial charge in [0.15, 0.2) is 0 Å². The summed E-state index contributed by atoms with van der Waals surface area (Å²) in [5, 5.41) is 24.7.